The van der Waals surface area contributed by atoms with E-state index in [4.69, 9.17) is 5.84 Å². The predicted molar refractivity (Wildman–Crippen MR) is 63.6 cm³/mol. The first-order valence-corrected chi connectivity index (χ1v) is 5.34. The molecule has 0 aliphatic rings. The molecular weight excluding hydrogens is 202 g/mol. The smallest absolute Gasteiger partial charge is 0.256 e. The van der Waals surface area contributed by atoms with Gasteiger partial charge in [0.15, 0.2) is 0 Å². The van der Waals surface area contributed by atoms with E-state index in [0.29, 0.717) is 6.42 Å². The van der Waals surface area contributed by atoms with Crippen molar-refractivity contribution in [3.8, 4) is 0 Å². The molecule has 0 fully saturated rings. The molecule has 1 aromatic carbocycles. The van der Waals surface area contributed by atoms with E-state index < -0.39 is 0 Å². The summed E-state index contributed by atoms with van der Waals surface area (Å²) >= 11 is 0. The largest absolute Gasteiger partial charge is 0.335 e. The summed E-state index contributed by atoms with van der Waals surface area (Å²) in [5.74, 6) is 5.02. The summed E-state index contributed by atoms with van der Waals surface area (Å²) < 4.78 is 1.96. The standard InChI is InChI=1S/C12H15N3O/c1-2-10(12(16)14-13)15-8-7-9-5-3-4-6-11(9)15/h3-8,10H,2,13H2,1H3,(H,14,16). The van der Waals surface area contributed by atoms with Gasteiger partial charge in [-0.15, -0.1) is 0 Å². The van der Waals surface area contributed by atoms with Crippen molar-refractivity contribution in [2.24, 2.45) is 5.84 Å². The molecule has 0 saturated carbocycles. The van der Waals surface area contributed by atoms with Crippen LogP contribution in [0.2, 0.25) is 0 Å². The van der Waals surface area contributed by atoms with Gasteiger partial charge < -0.3 is 4.57 Å². The monoisotopic (exact) mass is 217 g/mol. The average molecular weight is 217 g/mol. The van der Waals surface area contributed by atoms with Gasteiger partial charge >= 0.3 is 0 Å². The Hall–Kier alpha value is -1.81. The van der Waals surface area contributed by atoms with E-state index in [2.05, 4.69) is 5.43 Å². The van der Waals surface area contributed by atoms with Gasteiger partial charge in [0.1, 0.15) is 6.04 Å². The third-order valence-electron chi connectivity index (χ3n) is 2.80. The molecule has 16 heavy (non-hydrogen) atoms. The number of hydrazine groups is 1. The number of amides is 1. The van der Waals surface area contributed by atoms with Gasteiger partial charge in [0, 0.05) is 11.7 Å². The molecule has 0 saturated heterocycles. The molecule has 1 unspecified atom stereocenters. The van der Waals surface area contributed by atoms with Crippen LogP contribution in [-0.4, -0.2) is 10.5 Å². The molecule has 0 bridgehead atoms. The van der Waals surface area contributed by atoms with Crippen molar-refractivity contribution in [3.63, 3.8) is 0 Å². The predicted octanol–water partition coefficient (Wildman–Crippen LogP) is 1.58. The lowest BCUT2D eigenvalue weighted by atomic mass is 10.2. The van der Waals surface area contributed by atoms with Crippen molar-refractivity contribution >= 4 is 16.8 Å². The maximum absolute atomic E-state index is 11.6. The van der Waals surface area contributed by atoms with Crippen molar-refractivity contribution < 1.29 is 4.79 Å². The Kier molecular flexibility index (Phi) is 2.92. The van der Waals surface area contributed by atoms with Crippen LogP contribution in [0.25, 0.3) is 10.9 Å². The topological polar surface area (TPSA) is 60.1 Å². The third kappa shape index (κ3) is 1.67. The molecule has 1 atom stereocenters. The number of hydrogen-bond donors (Lipinski definition) is 2. The van der Waals surface area contributed by atoms with Gasteiger partial charge in [-0.05, 0) is 23.9 Å². The van der Waals surface area contributed by atoms with E-state index in [1.807, 2.05) is 48.0 Å². The molecular formula is C12H15N3O. The van der Waals surface area contributed by atoms with E-state index in [9.17, 15) is 4.79 Å². The second-order valence-electron chi connectivity index (χ2n) is 3.71. The van der Waals surface area contributed by atoms with Crippen LogP contribution in [0.15, 0.2) is 36.5 Å². The van der Waals surface area contributed by atoms with Crippen molar-refractivity contribution in [2.75, 3.05) is 0 Å². The molecule has 0 aliphatic carbocycles. The van der Waals surface area contributed by atoms with E-state index in [-0.39, 0.29) is 11.9 Å². The molecule has 4 heteroatoms. The molecule has 1 heterocycles. The van der Waals surface area contributed by atoms with E-state index in [1.54, 1.807) is 0 Å². The summed E-state index contributed by atoms with van der Waals surface area (Å²) in [6, 6.07) is 9.73. The molecule has 2 rings (SSSR count). The van der Waals surface area contributed by atoms with Crippen LogP contribution in [0.1, 0.15) is 19.4 Å². The Morgan fingerprint density at radius 1 is 1.44 bits per heavy atom. The zero-order valence-corrected chi connectivity index (χ0v) is 9.18. The van der Waals surface area contributed by atoms with Gasteiger partial charge in [0.05, 0.1) is 0 Å². The summed E-state index contributed by atoms with van der Waals surface area (Å²) in [4.78, 5) is 11.6. The highest BCUT2D eigenvalue weighted by Gasteiger charge is 2.18. The van der Waals surface area contributed by atoms with Gasteiger partial charge in [-0.2, -0.15) is 0 Å². The van der Waals surface area contributed by atoms with Crippen LogP contribution in [0, 0.1) is 0 Å². The van der Waals surface area contributed by atoms with E-state index in [0.717, 1.165) is 10.9 Å². The van der Waals surface area contributed by atoms with Gasteiger partial charge in [-0.25, -0.2) is 5.84 Å². The summed E-state index contributed by atoms with van der Waals surface area (Å²) in [6.07, 6.45) is 2.63. The summed E-state index contributed by atoms with van der Waals surface area (Å²) in [5, 5.41) is 1.13. The van der Waals surface area contributed by atoms with Crippen molar-refractivity contribution in [3.05, 3.63) is 36.5 Å². The Balaban J connectivity index is 2.49. The maximum atomic E-state index is 11.6. The van der Waals surface area contributed by atoms with Crippen molar-refractivity contribution in [1.82, 2.24) is 9.99 Å². The summed E-state index contributed by atoms with van der Waals surface area (Å²) in [5.41, 5.74) is 3.26. The first-order chi connectivity index (χ1) is 7.77. The van der Waals surface area contributed by atoms with Crippen LogP contribution in [0.3, 0.4) is 0 Å². The SMILES string of the molecule is CCC(C(=O)NN)n1ccc2ccccc21. The Morgan fingerprint density at radius 3 is 2.88 bits per heavy atom. The number of carbonyl (C=O) groups excluding carboxylic acids is 1. The third-order valence-corrected chi connectivity index (χ3v) is 2.80. The number of fused-ring (bicyclic) bond motifs is 1. The number of nitrogens with zero attached hydrogens (tertiary/aromatic N) is 1. The van der Waals surface area contributed by atoms with Gasteiger partial charge in [-0.1, -0.05) is 25.1 Å². The van der Waals surface area contributed by atoms with Crippen molar-refractivity contribution in [2.45, 2.75) is 19.4 Å². The lowest BCUT2D eigenvalue weighted by molar-refractivity contribution is -0.124. The lowest BCUT2D eigenvalue weighted by Gasteiger charge is -2.16. The maximum Gasteiger partial charge on any atom is 0.256 e. The lowest BCUT2D eigenvalue weighted by Crippen LogP contribution is -2.36. The van der Waals surface area contributed by atoms with Crippen LogP contribution in [-0.2, 0) is 4.79 Å². The quantitative estimate of drug-likeness (QED) is 0.466. The number of hydrogen-bond acceptors (Lipinski definition) is 2. The van der Waals surface area contributed by atoms with Crippen LogP contribution < -0.4 is 11.3 Å². The molecule has 1 aromatic heterocycles. The fourth-order valence-corrected chi connectivity index (χ4v) is 1.98. The van der Waals surface area contributed by atoms with E-state index >= 15 is 0 Å². The number of rotatable bonds is 3. The molecule has 4 nitrogen and oxygen atoms in total. The van der Waals surface area contributed by atoms with E-state index in [1.165, 1.54) is 0 Å². The zero-order chi connectivity index (χ0) is 11.5. The fraction of sp³-hybridized carbons (Fsp3) is 0.250. The Labute approximate surface area is 94.0 Å². The first-order valence-electron chi connectivity index (χ1n) is 5.34. The van der Waals surface area contributed by atoms with Crippen molar-refractivity contribution in [1.29, 1.82) is 0 Å². The van der Waals surface area contributed by atoms with Crippen LogP contribution in [0.5, 0.6) is 0 Å². The summed E-state index contributed by atoms with van der Waals surface area (Å²) in [6.45, 7) is 1.97. The Bertz CT molecular complexity index is 504. The first kappa shape index (κ1) is 10.7. The highest BCUT2D eigenvalue weighted by Crippen LogP contribution is 2.21. The second kappa shape index (κ2) is 4.37. The van der Waals surface area contributed by atoms with Crippen LogP contribution >= 0.6 is 0 Å². The number of nitrogens with two attached hydrogens (primary N) is 1. The molecule has 84 valence electrons. The number of nitrogens with one attached hydrogen (secondary N) is 1. The van der Waals surface area contributed by atoms with Crippen LogP contribution in [0.4, 0.5) is 0 Å². The minimum atomic E-state index is -0.245. The minimum Gasteiger partial charge on any atom is -0.335 e. The Morgan fingerprint density at radius 2 is 2.19 bits per heavy atom. The molecule has 0 spiro atoms. The molecule has 2 aromatic rings. The molecule has 1 amide bonds. The number of aromatic nitrogens is 1. The summed E-state index contributed by atoms with van der Waals surface area (Å²) in [7, 11) is 0. The van der Waals surface area contributed by atoms with Gasteiger partial charge in [0.25, 0.3) is 5.91 Å². The second-order valence-corrected chi connectivity index (χ2v) is 3.71. The number of para-hydroxylation sites is 1. The number of benzene rings is 1. The fourth-order valence-electron chi connectivity index (χ4n) is 1.98. The molecule has 0 radical (unpaired) electrons. The number of carbonyl (C=O) groups is 1. The highest BCUT2D eigenvalue weighted by atomic mass is 16.2. The molecule has 0 aliphatic heterocycles. The zero-order valence-electron chi connectivity index (χ0n) is 9.18. The highest BCUT2D eigenvalue weighted by molar-refractivity contribution is 5.85. The van der Waals surface area contributed by atoms with Gasteiger partial charge in [-0.3, -0.25) is 10.2 Å². The normalized spacial score (nSPS) is 12.6. The average Bonchev–Trinajstić information content (AvgIpc) is 2.74. The molecule has 3 N–H and O–H groups in total. The minimum absolute atomic E-state index is 0.163. The van der Waals surface area contributed by atoms with Gasteiger partial charge in [0.2, 0.25) is 0 Å².